The van der Waals surface area contributed by atoms with Crippen molar-refractivity contribution < 1.29 is 19.1 Å². The monoisotopic (exact) mass is 352 g/mol. The molecule has 0 radical (unpaired) electrons. The van der Waals surface area contributed by atoms with E-state index >= 15 is 0 Å². The number of nitrogens with one attached hydrogen (secondary N) is 1. The maximum absolute atomic E-state index is 12.5. The number of carbonyl (C=O) groups is 3. The zero-order valence-electron chi connectivity index (χ0n) is 14.5. The first kappa shape index (κ1) is 17.7. The van der Waals surface area contributed by atoms with Crippen LogP contribution in [0.1, 0.15) is 39.1 Å². The molecule has 2 aromatic carbocycles. The van der Waals surface area contributed by atoms with Gasteiger partial charge in [0.2, 0.25) is 5.91 Å². The number of hydrogen-bond donors (Lipinski definition) is 1. The highest BCUT2D eigenvalue weighted by atomic mass is 16.5. The molecule has 1 fully saturated rings. The predicted molar refractivity (Wildman–Crippen MR) is 96.8 cm³/mol. The Bertz CT molecular complexity index is 830. The molecule has 2 amide bonds. The van der Waals surface area contributed by atoms with Crippen LogP contribution in [0.2, 0.25) is 0 Å². The Morgan fingerprint density at radius 2 is 1.85 bits per heavy atom. The second-order valence-corrected chi connectivity index (χ2v) is 6.11. The fraction of sp³-hybridized carbons (Fsp3) is 0.250. The average Bonchev–Trinajstić information content (AvgIpc) is 3.06. The fourth-order valence-corrected chi connectivity index (χ4v) is 2.93. The number of nitrogens with zero attached hydrogens (tertiary/aromatic N) is 1. The van der Waals surface area contributed by atoms with Crippen LogP contribution in [-0.2, 0) is 16.1 Å². The molecule has 2 aromatic rings. The van der Waals surface area contributed by atoms with Crippen molar-refractivity contribution in [3.05, 3.63) is 65.2 Å². The molecule has 6 heteroatoms. The second kappa shape index (κ2) is 7.82. The van der Waals surface area contributed by atoms with Gasteiger partial charge in [0.15, 0.2) is 0 Å². The number of para-hydroxylation sites is 1. The van der Waals surface area contributed by atoms with Crippen LogP contribution in [0, 0.1) is 0 Å². The van der Waals surface area contributed by atoms with Gasteiger partial charge in [0.1, 0.15) is 0 Å². The number of amides is 2. The van der Waals surface area contributed by atoms with E-state index < -0.39 is 5.97 Å². The molecule has 26 heavy (non-hydrogen) atoms. The minimum Gasteiger partial charge on any atom is -0.465 e. The van der Waals surface area contributed by atoms with E-state index in [-0.39, 0.29) is 11.8 Å². The highest BCUT2D eigenvalue weighted by Gasteiger charge is 2.20. The zero-order valence-corrected chi connectivity index (χ0v) is 14.5. The van der Waals surface area contributed by atoms with Crippen LogP contribution in [0.5, 0.6) is 0 Å². The lowest BCUT2D eigenvalue weighted by Gasteiger charge is -2.15. The third-order valence-electron chi connectivity index (χ3n) is 4.34. The quantitative estimate of drug-likeness (QED) is 0.840. The van der Waals surface area contributed by atoms with Gasteiger partial charge in [-0.2, -0.15) is 0 Å². The predicted octanol–water partition coefficient (Wildman–Crippen LogP) is 2.85. The standard InChI is InChI=1S/C20H20N2O4/c1-26-20(25)16-5-2-3-6-17(16)21-19(24)15-10-8-14(9-11-15)13-22-12-4-7-18(22)23/h2-3,5-6,8-11H,4,7,12-13H2,1H3,(H,21,24). The van der Waals surface area contributed by atoms with E-state index in [0.717, 1.165) is 18.5 Å². The Hall–Kier alpha value is -3.15. The third kappa shape index (κ3) is 3.91. The number of likely N-dealkylation sites (tertiary alicyclic amines) is 1. The largest absolute Gasteiger partial charge is 0.465 e. The molecule has 0 spiro atoms. The molecule has 134 valence electrons. The van der Waals surface area contributed by atoms with Crippen molar-refractivity contribution in [1.82, 2.24) is 4.90 Å². The average molecular weight is 352 g/mol. The fourth-order valence-electron chi connectivity index (χ4n) is 2.93. The first-order valence-corrected chi connectivity index (χ1v) is 8.44. The van der Waals surface area contributed by atoms with Crippen LogP contribution >= 0.6 is 0 Å². The minimum atomic E-state index is -0.508. The van der Waals surface area contributed by atoms with Gasteiger partial charge < -0.3 is 15.0 Å². The number of rotatable bonds is 5. The van der Waals surface area contributed by atoms with E-state index in [1.165, 1.54) is 7.11 Å². The topological polar surface area (TPSA) is 75.7 Å². The summed E-state index contributed by atoms with van der Waals surface area (Å²) >= 11 is 0. The minimum absolute atomic E-state index is 0.172. The Balaban J connectivity index is 1.69. The molecule has 3 rings (SSSR count). The second-order valence-electron chi connectivity index (χ2n) is 6.11. The molecule has 0 saturated carbocycles. The summed E-state index contributed by atoms with van der Waals surface area (Å²) in [5, 5.41) is 2.74. The summed E-state index contributed by atoms with van der Waals surface area (Å²) in [6.07, 6.45) is 1.51. The zero-order chi connectivity index (χ0) is 18.5. The number of anilines is 1. The van der Waals surface area contributed by atoms with Crippen LogP contribution in [0.4, 0.5) is 5.69 Å². The van der Waals surface area contributed by atoms with Crippen molar-refractivity contribution in [3.8, 4) is 0 Å². The van der Waals surface area contributed by atoms with Gasteiger partial charge in [-0.25, -0.2) is 4.79 Å². The van der Waals surface area contributed by atoms with Crippen LogP contribution in [0.3, 0.4) is 0 Å². The van der Waals surface area contributed by atoms with Crippen molar-refractivity contribution in [1.29, 1.82) is 0 Å². The van der Waals surface area contributed by atoms with Crippen LogP contribution in [0.15, 0.2) is 48.5 Å². The number of carbonyl (C=O) groups excluding carboxylic acids is 3. The molecule has 0 aromatic heterocycles. The summed E-state index contributed by atoms with van der Waals surface area (Å²) in [6, 6.07) is 13.8. The molecular formula is C20H20N2O4. The van der Waals surface area contributed by atoms with Crippen LogP contribution < -0.4 is 5.32 Å². The molecule has 0 unspecified atom stereocenters. The number of benzene rings is 2. The SMILES string of the molecule is COC(=O)c1ccccc1NC(=O)c1ccc(CN2CCCC2=O)cc1. The van der Waals surface area contributed by atoms with Gasteiger partial charge >= 0.3 is 5.97 Å². The molecule has 1 saturated heterocycles. The van der Waals surface area contributed by atoms with Gasteiger partial charge in [0.05, 0.1) is 18.4 Å². The number of esters is 1. The molecule has 1 aliphatic heterocycles. The number of ether oxygens (including phenoxy) is 1. The summed E-state index contributed by atoms with van der Waals surface area (Å²) in [6.45, 7) is 1.34. The molecule has 6 nitrogen and oxygen atoms in total. The highest BCUT2D eigenvalue weighted by Crippen LogP contribution is 2.18. The van der Waals surface area contributed by atoms with Gasteiger partial charge in [-0.1, -0.05) is 24.3 Å². The lowest BCUT2D eigenvalue weighted by atomic mass is 10.1. The smallest absolute Gasteiger partial charge is 0.339 e. The normalized spacial score (nSPS) is 13.6. The molecular weight excluding hydrogens is 332 g/mol. The van der Waals surface area contributed by atoms with E-state index in [0.29, 0.717) is 29.8 Å². The lowest BCUT2D eigenvalue weighted by Crippen LogP contribution is -2.23. The van der Waals surface area contributed by atoms with Gasteiger partial charge in [-0.15, -0.1) is 0 Å². The van der Waals surface area contributed by atoms with Crippen LogP contribution in [0.25, 0.3) is 0 Å². The summed E-state index contributed by atoms with van der Waals surface area (Å²) in [5.74, 6) is -0.650. The van der Waals surface area contributed by atoms with Gasteiger partial charge in [0.25, 0.3) is 5.91 Å². The maximum atomic E-state index is 12.5. The Morgan fingerprint density at radius 3 is 2.50 bits per heavy atom. The summed E-state index contributed by atoms with van der Waals surface area (Å²) < 4.78 is 4.73. The first-order valence-electron chi connectivity index (χ1n) is 8.44. The van der Waals surface area contributed by atoms with E-state index in [1.807, 2.05) is 17.0 Å². The van der Waals surface area contributed by atoms with E-state index in [9.17, 15) is 14.4 Å². The van der Waals surface area contributed by atoms with Crippen molar-refractivity contribution in [2.45, 2.75) is 19.4 Å². The molecule has 1 heterocycles. The molecule has 1 N–H and O–H groups in total. The number of hydrogen-bond acceptors (Lipinski definition) is 4. The van der Waals surface area contributed by atoms with E-state index in [1.54, 1.807) is 36.4 Å². The third-order valence-corrected chi connectivity index (χ3v) is 4.34. The Morgan fingerprint density at radius 1 is 1.12 bits per heavy atom. The van der Waals surface area contributed by atoms with Gasteiger partial charge in [0, 0.05) is 25.1 Å². The van der Waals surface area contributed by atoms with Crippen molar-refractivity contribution >= 4 is 23.5 Å². The summed E-state index contributed by atoms with van der Waals surface area (Å²) in [7, 11) is 1.30. The van der Waals surface area contributed by atoms with E-state index in [4.69, 9.17) is 4.74 Å². The maximum Gasteiger partial charge on any atom is 0.339 e. The first-order chi connectivity index (χ1) is 12.6. The molecule has 0 aliphatic carbocycles. The van der Waals surface area contributed by atoms with Crippen LogP contribution in [-0.4, -0.2) is 36.3 Å². The van der Waals surface area contributed by atoms with Crippen molar-refractivity contribution in [2.75, 3.05) is 19.0 Å². The van der Waals surface area contributed by atoms with Crippen molar-refractivity contribution in [3.63, 3.8) is 0 Å². The van der Waals surface area contributed by atoms with Gasteiger partial charge in [-0.3, -0.25) is 9.59 Å². The van der Waals surface area contributed by atoms with E-state index in [2.05, 4.69) is 5.32 Å². The molecule has 0 atom stereocenters. The summed E-state index contributed by atoms with van der Waals surface area (Å²) in [4.78, 5) is 37.8. The van der Waals surface area contributed by atoms with Crippen molar-refractivity contribution in [2.24, 2.45) is 0 Å². The molecule has 1 aliphatic rings. The molecule has 0 bridgehead atoms. The Labute approximate surface area is 151 Å². The highest BCUT2D eigenvalue weighted by molar-refractivity contribution is 6.08. The number of methoxy groups -OCH3 is 1. The summed E-state index contributed by atoms with van der Waals surface area (Å²) in [5.41, 5.74) is 2.15. The van der Waals surface area contributed by atoms with Gasteiger partial charge in [-0.05, 0) is 36.2 Å². The lowest BCUT2D eigenvalue weighted by molar-refractivity contribution is -0.128. The Kier molecular flexibility index (Phi) is 5.31.